The number of thioether (sulfide) groups is 1. The Bertz CT molecular complexity index is 1220. The summed E-state index contributed by atoms with van der Waals surface area (Å²) in [6.45, 7) is 0. The molecule has 4 rings (SSSR count). The SMILES string of the molecule is CO[N+](=O)c1cc(-c2ccc(-c3ccn[nH]3)cc2)cc(-c2nc(SCC(=O)O)n[nH]2)c1. The summed E-state index contributed by atoms with van der Waals surface area (Å²) in [5.41, 5.74) is 4.43. The molecule has 10 nitrogen and oxygen atoms in total. The van der Waals surface area contributed by atoms with Crippen molar-refractivity contribution in [2.75, 3.05) is 12.9 Å². The zero-order valence-electron chi connectivity index (χ0n) is 16.3. The molecule has 0 spiro atoms. The number of rotatable bonds is 8. The van der Waals surface area contributed by atoms with E-state index in [1.165, 1.54) is 7.11 Å². The molecule has 2 aromatic carbocycles. The van der Waals surface area contributed by atoms with Crippen LogP contribution in [0.2, 0.25) is 0 Å². The maximum atomic E-state index is 12.1. The molecule has 0 atom stereocenters. The molecule has 156 valence electrons. The van der Waals surface area contributed by atoms with Crippen molar-refractivity contribution in [1.29, 1.82) is 0 Å². The fourth-order valence-corrected chi connectivity index (χ4v) is 3.47. The number of nitrogens with zero attached hydrogens (tertiary/aromatic N) is 4. The molecule has 0 aliphatic carbocycles. The first-order valence-electron chi connectivity index (χ1n) is 9.07. The largest absolute Gasteiger partial charge is 0.481 e. The smallest absolute Gasteiger partial charge is 0.318 e. The summed E-state index contributed by atoms with van der Waals surface area (Å²) in [4.78, 5) is 32.4. The van der Waals surface area contributed by atoms with Crippen molar-refractivity contribution in [2.45, 2.75) is 5.16 Å². The van der Waals surface area contributed by atoms with E-state index in [1.807, 2.05) is 36.4 Å². The van der Waals surface area contributed by atoms with E-state index < -0.39 is 5.97 Å². The summed E-state index contributed by atoms with van der Waals surface area (Å²) in [7, 11) is 1.29. The molecule has 2 heterocycles. The number of H-pyrrole nitrogens is 2. The summed E-state index contributed by atoms with van der Waals surface area (Å²) in [6, 6.07) is 14.9. The first kappa shape index (κ1) is 20.3. The molecule has 0 unspecified atom stereocenters. The number of aliphatic carboxylic acids is 1. The third kappa shape index (κ3) is 4.61. The van der Waals surface area contributed by atoms with Gasteiger partial charge in [0.05, 0.1) is 16.4 Å². The van der Waals surface area contributed by atoms with Crippen molar-refractivity contribution in [3.8, 4) is 33.8 Å². The van der Waals surface area contributed by atoms with E-state index in [0.717, 1.165) is 34.1 Å². The summed E-state index contributed by atoms with van der Waals surface area (Å²) in [5, 5.41) is 22.8. The number of carboxylic acids is 1. The van der Waals surface area contributed by atoms with Gasteiger partial charge in [-0.15, -0.1) is 5.10 Å². The van der Waals surface area contributed by atoms with Crippen LogP contribution in [0.15, 0.2) is 59.9 Å². The van der Waals surface area contributed by atoms with Crippen molar-refractivity contribution < 1.29 is 19.7 Å². The van der Waals surface area contributed by atoms with Gasteiger partial charge < -0.3 is 5.11 Å². The van der Waals surface area contributed by atoms with Gasteiger partial charge in [-0.1, -0.05) is 36.0 Å². The zero-order valence-corrected chi connectivity index (χ0v) is 17.1. The van der Waals surface area contributed by atoms with Crippen molar-refractivity contribution >= 4 is 23.4 Å². The average Bonchev–Trinajstić information content (AvgIpc) is 3.49. The second-order valence-electron chi connectivity index (χ2n) is 6.40. The first-order chi connectivity index (χ1) is 15.0. The van der Waals surface area contributed by atoms with Crippen LogP contribution in [-0.4, -0.2) is 54.2 Å². The van der Waals surface area contributed by atoms with Gasteiger partial charge in [0.2, 0.25) is 5.16 Å². The van der Waals surface area contributed by atoms with E-state index in [9.17, 15) is 9.70 Å². The van der Waals surface area contributed by atoms with Gasteiger partial charge in [0.25, 0.3) is 4.92 Å². The summed E-state index contributed by atoms with van der Waals surface area (Å²) < 4.78 is 0. The predicted octanol–water partition coefficient (Wildman–Crippen LogP) is 3.68. The highest BCUT2D eigenvalue weighted by molar-refractivity contribution is 7.99. The van der Waals surface area contributed by atoms with E-state index in [4.69, 9.17) is 9.94 Å². The van der Waals surface area contributed by atoms with Gasteiger partial charge in [0.15, 0.2) is 12.9 Å². The van der Waals surface area contributed by atoms with Crippen LogP contribution in [0.3, 0.4) is 0 Å². The molecule has 3 N–H and O–H groups in total. The van der Waals surface area contributed by atoms with Gasteiger partial charge in [-0.25, -0.2) is 9.82 Å². The molecule has 0 radical (unpaired) electrons. The van der Waals surface area contributed by atoms with Crippen LogP contribution < -0.4 is 0 Å². The maximum Gasteiger partial charge on any atom is 0.318 e. The van der Waals surface area contributed by atoms with E-state index in [0.29, 0.717) is 21.5 Å². The fourth-order valence-electron chi connectivity index (χ4n) is 2.95. The minimum absolute atomic E-state index is 0.150. The molecule has 0 aliphatic rings. The zero-order chi connectivity index (χ0) is 21.8. The minimum atomic E-state index is -0.957. The Morgan fingerprint density at radius 1 is 1.06 bits per heavy atom. The van der Waals surface area contributed by atoms with Crippen molar-refractivity contribution in [2.24, 2.45) is 0 Å². The number of carboxylic acid groups (broad SMARTS) is 1. The highest BCUT2D eigenvalue weighted by Crippen LogP contribution is 2.32. The third-order valence-electron chi connectivity index (χ3n) is 4.39. The Balaban J connectivity index is 1.70. The molecule has 2 aromatic heterocycles. The number of aromatic nitrogens is 5. The lowest BCUT2D eigenvalue weighted by atomic mass is 10.00. The van der Waals surface area contributed by atoms with Crippen LogP contribution >= 0.6 is 11.8 Å². The molecule has 0 saturated heterocycles. The van der Waals surface area contributed by atoms with Crippen LogP contribution in [0.1, 0.15) is 0 Å². The molecular formula is C20H17N6O4S+. The molecular weight excluding hydrogens is 420 g/mol. The van der Waals surface area contributed by atoms with Crippen LogP contribution in [0.25, 0.3) is 33.8 Å². The standard InChI is InChI=1S/C20H16N6O4S/c1-30-26(29)16-9-14(12-2-4-13(5-3-12)17-6-7-21-23-17)8-15(10-16)19-22-20(25-24-19)31-11-18(27)28/h2-10H,11H2,1H3,(H2-,21,22,23,24,25,27,28)/p+1. The first-order valence-corrected chi connectivity index (χ1v) is 10.1. The molecule has 0 bridgehead atoms. The Labute approximate surface area is 180 Å². The monoisotopic (exact) mass is 437 g/mol. The Morgan fingerprint density at radius 3 is 2.48 bits per heavy atom. The molecule has 11 heteroatoms. The Hall–Kier alpha value is -3.99. The van der Waals surface area contributed by atoms with Crippen molar-refractivity contribution in [1.82, 2.24) is 25.4 Å². The Morgan fingerprint density at radius 2 is 1.81 bits per heavy atom. The van der Waals surface area contributed by atoms with Gasteiger partial charge in [-0.2, -0.15) is 5.10 Å². The normalized spacial score (nSPS) is 10.7. The number of aromatic amines is 2. The number of nitrogens with one attached hydrogen (secondary N) is 2. The molecule has 31 heavy (non-hydrogen) atoms. The molecule has 0 fully saturated rings. The Kier molecular flexibility index (Phi) is 5.76. The van der Waals surface area contributed by atoms with E-state index in [2.05, 4.69) is 25.4 Å². The average molecular weight is 437 g/mol. The predicted molar refractivity (Wildman–Crippen MR) is 113 cm³/mol. The minimum Gasteiger partial charge on any atom is -0.481 e. The van der Waals surface area contributed by atoms with Gasteiger partial charge >= 0.3 is 11.7 Å². The van der Waals surface area contributed by atoms with Crippen LogP contribution in [0.4, 0.5) is 5.69 Å². The number of hydrogen-bond donors (Lipinski definition) is 3. The van der Waals surface area contributed by atoms with Crippen LogP contribution in [0, 0.1) is 4.91 Å². The van der Waals surface area contributed by atoms with E-state index >= 15 is 0 Å². The highest BCUT2D eigenvalue weighted by atomic mass is 32.2. The van der Waals surface area contributed by atoms with Gasteiger partial charge in [-0.3, -0.25) is 15.0 Å². The second kappa shape index (κ2) is 8.79. The molecule has 0 amide bonds. The quantitative estimate of drug-likeness (QED) is 0.280. The lowest BCUT2D eigenvalue weighted by Gasteiger charge is -2.05. The van der Waals surface area contributed by atoms with Crippen LogP contribution in [0.5, 0.6) is 0 Å². The van der Waals surface area contributed by atoms with E-state index in [1.54, 1.807) is 18.3 Å². The van der Waals surface area contributed by atoms with Gasteiger partial charge in [0, 0.05) is 23.9 Å². The lowest BCUT2D eigenvalue weighted by Crippen LogP contribution is -1.99. The van der Waals surface area contributed by atoms with E-state index in [-0.39, 0.29) is 11.4 Å². The summed E-state index contributed by atoms with van der Waals surface area (Å²) in [5.74, 6) is -0.695. The fraction of sp³-hybridized carbons (Fsp3) is 0.100. The number of hydrogen-bond acceptors (Lipinski definition) is 7. The second-order valence-corrected chi connectivity index (χ2v) is 7.35. The van der Waals surface area contributed by atoms with Crippen molar-refractivity contribution in [3.63, 3.8) is 0 Å². The van der Waals surface area contributed by atoms with Crippen molar-refractivity contribution in [3.05, 3.63) is 59.6 Å². The number of benzene rings is 2. The lowest BCUT2D eigenvalue weighted by molar-refractivity contribution is -0.736. The highest BCUT2D eigenvalue weighted by Gasteiger charge is 2.20. The topological polar surface area (TPSA) is 137 Å². The van der Waals surface area contributed by atoms with Crippen LogP contribution in [-0.2, 0) is 9.63 Å². The van der Waals surface area contributed by atoms with Gasteiger partial charge in [0.1, 0.15) is 0 Å². The molecule has 0 aliphatic heterocycles. The molecule has 0 saturated carbocycles. The van der Waals surface area contributed by atoms with Gasteiger partial charge in [-0.05, 0) is 28.8 Å². The summed E-state index contributed by atoms with van der Waals surface area (Å²) in [6.07, 6.45) is 1.69. The number of carbonyl (C=O) groups is 1. The summed E-state index contributed by atoms with van der Waals surface area (Å²) >= 11 is 1.00. The third-order valence-corrected chi connectivity index (χ3v) is 5.22. The maximum absolute atomic E-state index is 12.1. The molecule has 4 aromatic rings.